The van der Waals surface area contributed by atoms with Gasteiger partial charge in [-0.05, 0) is 32.6 Å². The first-order valence-corrected chi connectivity index (χ1v) is 6.65. The molecule has 0 atom stereocenters. The quantitative estimate of drug-likeness (QED) is 0.584. The molecule has 1 aromatic carbocycles. The standard InChI is InChI=1S/C15H20BNO3/c1-12-13(2)20-16(19-12)14-6-8-15(9-7-14)18-11-5-10-17(3)4/h6-9H,1-2,5,10-11H2,3-4H3. The van der Waals surface area contributed by atoms with Gasteiger partial charge in [0.1, 0.15) is 17.3 Å². The Hall–Kier alpha value is -1.88. The molecule has 1 aliphatic heterocycles. The highest BCUT2D eigenvalue weighted by atomic mass is 16.6. The molecule has 0 N–H and O–H groups in total. The maximum Gasteiger partial charge on any atom is 0.632 e. The van der Waals surface area contributed by atoms with Crippen LogP contribution in [0.5, 0.6) is 5.75 Å². The summed E-state index contributed by atoms with van der Waals surface area (Å²) in [6.07, 6.45) is 1.00. The highest BCUT2D eigenvalue weighted by molar-refractivity contribution is 6.62. The van der Waals surface area contributed by atoms with Crippen LogP contribution in [0.3, 0.4) is 0 Å². The van der Waals surface area contributed by atoms with Crippen LogP contribution in [-0.2, 0) is 9.31 Å². The molecule has 1 fully saturated rings. The number of hydrogen-bond donors (Lipinski definition) is 0. The van der Waals surface area contributed by atoms with Crippen LogP contribution in [0.25, 0.3) is 0 Å². The van der Waals surface area contributed by atoms with Crippen molar-refractivity contribution in [1.29, 1.82) is 0 Å². The Morgan fingerprint density at radius 1 is 1.10 bits per heavy atom. The number of nitrogens with zero attached hydrogens (tertiary/aromatic N) is 1. The predicted molar refractivity (Wildman–Crippen MR) is 80.9 cm³/mol. The zero-order valence-corrected chi connectivity index (χ0v) is 12.1. The van der Waals surface area contributed by atoms with Crippen LogP contribution in [0.4, 0.5) is 0 Å². The minimum Gasteiger partial charge on any atom is -0.520 e. The van der Waals surface area contributed by atoms with E-state index in [1.54, 1.807) is 0 Å². The van der Waals surface area contributed by atoms with Gasteiger partial charge in [-0.3, -0.25) is 0 Å². The largest absolute Gasteiger partial charge is 0.632 e. The van der Waals surface area contributed by atoms with Gasteiger partial charge in [0.25, 0.3) is 0 Å². The monoisotopic (exact) mass is 273 g/mol. The molecule has 0 aromatic heterocycles. The third kappa shape index (κ3) is 3.81. The van der Waals surface area contributed by atoms with Crippen LogP contribution < -0.4 is 10.2 Å². The van der Waals surface area contributed by atoms with Gasteiger partial charge in [-0.25, -0.2) is 0 Å². The fraction of sp³-hybridized carbons (Fsp3) is 0.333. The molecule has 1 saturated heterocycles. The second-order valence-corrected chi connectivity index (χ2v) is 4.99. The maximum atomic E-state index is 5.67. The average Bonchev–Trinajstić information content (AvgIpc) is 2.75. The minimum absolute atomic E-state index is 0.446. The first-order chi connectivity index (χ1) is 9.56. The topological polar surface area (TPSA) is 30.9 Å². The summed E-state index contributed by atoms with van der Waals surface area (Å²) in [5.74, 6) is 1.82. The summed E-state index contributed by atoms with van der Waals surface area (Å²) in [6, 6.07) is 7.69. The summed E-state index contributed by atoms with van der Waals surface area (Å²) in [7, 11) is 3.66. The van der Waals surface area contributed by atoms with E-state index in [9.17, 15) is 0 Å². The summed E-state index contributed by atoms with van der Waals surface area (Å²) in [4.78, 5) is 2.14. The van der Waals surface area contributed by atoms with Crippen LogP contribution >= 0.6 is 0 Å². The number of benzene rings is 1. The molecule has 0 spiro atoms. The van der Waals surface area contributed by atoms with Crippen molar-refractivity contribution in [2.75, 3.05) is 27.2 Å². The van der Waals surface area contributed by atoms with Crippen molar-refractivity contribution in [3.8, 4) is 5.75 Å². The lowest BCUT2D eigenvalue weighted by atomic mass is 9.79. The Kier molecular flexibility index (Phi) is 4.74. The Bertz CT molecular complexity index is 468. The molecule has 0 saturated carbocycles. The third-order valence-corrected chi connectivity index (χ3v) is 2.98. The summed E-state index contributed by atoms with van der Waals surface area (Å²) in [5.41, 5.74) is 0.922. The van der Waals surface area contributed by atoms with E-state index in [2.05, 4.69) is 32.2 Å². The fourth-order valence-corrected chi connectivity index (χ4v) is 1.84. The Labute approximate surface area is 120 Å². The molecule has 1 heterocycles. The molecule has 1 aliphatic rings. The molecule has 0 amide bonds. The molecule has 106 valence electrons. The van der Waals surface area contributed by atoms with Crippen LogP contribution in [0.1, 0.15) is 6.42 Å². The van der Waals surface area contributed by atoms with Crippen LogP contribution in [0, 0.1) is 0 Å². The van der Waals surface area contributed by atoms with E-state index in [4.69, 9.17) is 14.0 Å². The molecule has 0 unspecified atom stereocenters. The molecule has 20 heavy (non-hydrogen) atoms. The van der Waals surface area contributed by atoms with Gasteiger partial charge >= 0.3 is 7.12 Å². The average molecular weight is 273 g/mol. The van der Waals surface area contributed by atoms with Crippen LogP contribution in [0.15, 0.2) is 48.9 Å². The van der Waals surface area contributed by atoms with Gasteiger partial charge in [-0.2, -0.15) is 0 Å². The number of ether oxygens (including phenoxy) is 1. The lowest BCUT2D eigenvalue weighted by Crippen LogP contribution is -2.30. The van der Waals surface area contributed by atoms with E-state index in [0.717, 1.165) is 24.2 Å². The number of hydrogen-bond acceptors (Lipinski definition) is 4. The Morgan fingerprint density at radius 3 is 2.25 bits per heavy atom. The van der Waals surface area contributed by atoms with E-state index in [0.29, 0.717) is 18.1 Å². The van der Waals surface area contributed by atoms with Crippen molar-refractivity contribution in [3.05, 3.63) is 48.9 Å². The van der Waals surface area contributed by atoms with Gasteiger partial charge in [0.15, 0.2) is 0 Å². The van der Waals surface area contributed by atoms with E-state index >= 15 is 0 Å². The van der Waals surface area contributed by atoms with Crippen molar-refractivity contribution in [1.82, 2.24) is 4.90 Å². The van der Waals surface area contributed by atoms with Crippen molar-refractivity contribution >= 4 is 12.6 Å². The molecule has 4 nitrogen and oxygen atoms in total. The van der Waals surface area contributed by atoms with Crippen molar-refractivity contribution in [3.63, 3.8) is 0 Å². The molecule has 0 aliphatic carbocycles. The Balaban J connectivity index is 1.84. The van der Waals surface area contributed by atoms with Gasteiger partial charge in [0.2, 0.25) is 0 Å². The number of rotatable bonds is 6. The van der Waals surface area contributed by atoms with E-state index in [-0.39, 0.29) is 0 Å². The molecule has 0 bridgehead atoms. The smallest absolute Gasteiger partial charge is 0.520 e. The minimum atomic E-state index is -0.446. The normalized spacial score (nSPS) is 14.4. The molecule has 1 aromatic rings. The summed E-state index contributed by atoms with van der Waals surface area (Å²) in [6.45, 7) is 9.16. The second-order valence-electron chi connectivity index (χ2n) is 4.99. The van der Waals surface area contributed by atoms with Gasteiger partial charge in [-0.15, -0.1) is 0 Å². The van der Waals surface area contributed by atoms with E-state index in [1.807, 2.05) is 24.3 Å². The third-order valence-electron chi connectivity index (χ3n) is 2.98. The molecular formula is C15H20BNO3. The predicted octanol–water partition coefficient (Wildman–Crippen LogP) is 1.79. The molecule has 5 heteroatoms. The van der Waals surface area contributed by atoms with Crippen LogP contribution in [-0.4, -0.2) is 39.3 Å². The maximum absolute atomic E-state index is 5.67. The van der Waals surface area contributed by atoms with Gasteiger partial charge < -0.3 is 18.9 Å². The first-order valence-electron chi connectivity index (χ1n) is 6.65. The van der Waals surface area contributed by atoms with Gasteiger partial charge in [0, 0.05) is 12.0 Å². The first kappa shape index (κ1) is 14.5. The Morgan fingerprint density at radius 2 is 1.70 bits per heavy atom. The lowest BCUT2D eigenvalue weighted by Gasteiger charge is -2.11. The summed E-state index contributed by atoms with van der Waals surface area (Å²) >= 11 is 0. The summed E-state index contributed by atoms with van der Waals surface area (Å²) in [5, 5.41) is 0. The lowest BCUT2D eigenvalue weighted by molar-refractivity contribution is 0.281. The highest BCUT2D eigenvalue weighted by Crippen LogP contribution is 2.20. The van der Waals surface area contributed by atoms with Crippen molar-refractivity contribution in [2.45, 2.75) is 6.42 Å². The summed E-state index contributed by atoms with van der Waals surface area (Å²) < 4.78 is 16.6. The second kappa shape index (κ2) is 6.52. The zero-order chi connectivity index (χ0) is 14.5. The molecular weight excluding hydrogens is 253 g/mol. The molecule has 0 radical (unpaired) electrons. The van der Waals surface area contributed by atoms with Crippen molar-refractivity contribution < 1.29 is 14.0 Å². The molecule has 2 rings (SSSR count). The van der Waals surface area contributed by atoms with Crippen molar-refractivity contribution in [2.24, 2.45) is 0 Å². The van der Waals surface area contributed by atoms with E-state index < -0.39 is 7.12 Å². The van der Waals surface area contributed by atoms with E-state index in [1.165, 1.54) is 0 Å². The highest BCUT2D eigenvalue weighted by Gasteiger charge is 2.34. The van der Waals surface area contributed by atoms with Gasteiger partial charge in [-0.1, -0.05) is 25.3 Å². The van der Waals surface area contributed by atoms with Gasteiger partial charge in [0.05, 0.1) is 6.61 Å². The van der Waals surface area contributed by atoms with Crippen LogP contribution in [0.2, 0.25) is 0 Å². The SMILES string of the molecule is C=C1OB(c2ccc(OCCCN(C)C)cc2)OC1=C. The zero-order valence-electron chi connectivity index (χ0n) is 12.1. The fourth-order valence-electron chi connectivity index (χ4n) is 1.84.